The first-order valence-corrected chi connectivity index (χ1v) is 8.92. The second kappa shape index (κ2) is 7.44. The summed E-state index contributed by atoms with van der Waals surface area (Å²) in [6, 6.07) is 10.6. The molecule has 0 saturated carbocycles. The number of furan rings is 1. The number of benzene rings is 1. The summed E-state index contributed by atoms with van der Waals surface area (Å²) in [6.45, 7) is 1.21. The maximum absolute atomic E-state index is 12.5. The Labute approximate surface area is 153 Å². The summed E-state index contributed by atoms with van der Waals surface area (Å²) < 4.78 is 5.78. The van der Waals surface area contributed by atoms with Gasteiger partial charge in [-0.2, -0.15) is 0 Å². The zero-order chi connectivity index (χ0) is 17.1. The van der Waals surface area contributed by atoms with Gasteiger partial charge in [-0.3, -0.25) is 9.59 Å². The first-order chi connectivity index (χ1) is 11.5. The van der Waals surface area contributed by atoms with Crippen LogP contribution in [0.25, 0.3) is 0 Å². The highest BCUT2D eigenvalue weighted by Crippen LogP contribution is 2.19. The van der Waals surface area contributed by atoms with Gasteiger partial charge in [-0.15, -0.1) is 12.6 Å². The molecule has 1 aliphatic rings. The molecule has 1 aromatic carbocycles. The fourth-order valence-electron chi connectivity index (χ4n) is 2.74. The minimum Gasteiger partial charge on any atom is -0.444 e. The SMILES string of the molecule is O=C(NC1CCN(C(=O)c2ccccc2S)CC1)c1ccc(Br)o1. The number of piperidine rings is 1. The van der Waals surface area contributed by atoms with Crippen molar-refractivity contribution in [1.82, 2.24) is 10.2 Å². The van der Waals surface area contributed by atoms with Gasteiger partial charge in [0.2, 0.25) is 0 Å². The van der Waals surface area contributed by atoms with Crippen LogP contribution in [-0.2, 0) is 0 Å². The van der Waals surface area contributed by atoms with Crippen molar-refractivity contribution in [2.75, 3.05) is 13.1 Å². The number of amides is 2. The Morgan fingerprint density at radius 2 is 1.88 bits per heavy atom. The predicted molar refractivity (Wildman–Crippen MR) is 96.5 cm³/mol. The second-order valence-corrected chi connectivity index (χ2v) is 6.92. The number of nitrogens with zero attached hydrogens (tertiary/aromatic N) is 1. The largest absolute Gasteiger partial charge is 0.444 e. The smallest absolute Gasteiger partial charge is 0.287 e. The molecule has 0 bridgehead atoms. The van der Waals surface area contributed by atoms with Crippen molar-refractivity contribution < 1.29 is 14.0 Å². The highest BCUT2D eigenvalue weighted by molar-refractivity contribution is 9.10. The third-order valence-corrected chi connectivity index (χ3v) is 4.87. The first-order valence-electron chi connectivity index (χ1n) is 7.68. The van der Waals surface area contributed by atoms with Crippen LogP contribution in [0.5, 0.6) is 0 Å². The maximum atomic E-state index is 12.5. The van der Waals surface area contributed by atoms with E-state index in [1.165, 1.54) is 0 Å². The number of carbonyl (C=O) groups is 2. The number of hydrogen-bond donors (Lipinski definition) is 2. The molecule has 7 heteroatoms. The standard InChI is InChI=1S/C17H17BrN2O3S/c18-15-6-5-13(23-15)16(21)19-11-7-9-20(10-8-11)17(22)12-3-1-2-4-14(12)24/h1-6,11,24H,7-10H2,(H,19,21). The third-order valence-electron chi connectivity index (χ3n) is 4.05. The van der Waals surface area contributed by atoms with E-state index in [2.05, 4.69) is 33.9 Å². The molecule has 1 N–H and O–H groups in total. The molecule has 2 amide bonds. The summed E-state index contributed by atoms with van der Waals surface area (Å²) in [6.07, 6.45) is 1.43. The second-order valence-electron chi connectivity index (χ2n) is 5.66. The Morgan fingerprint density at radius 3 is 2.50 bits per heavy atom. The molecule has 1 fully saturated rings. The molecule has 0 radical (unpaired) electrons. The lowest BCUT2D eigenvalue weighted by atomic mass is 10.0. The van der Waals surface area contributed by atoms with Crippen LogP contribution in [0.2, 0.25) is 0 Å². The zero-order valence-corrected chi connectivity index (χ0v) is 15.3. The minimum atomic E-state index is -0.230. The van der Waals surface area contributed by atoms with E-state index in [0.29, 0.717) is 41.1 Å². The van der Waals surface area contributed by atoms with Gasteiger partial charge in [-0.1, -0.05) is 12.1 Å². The highest BCUT2D eigenvalue weighted by atomic mass is 79.9. The van der Waals surface area contributed by atoms with E-state index in [1.807, 2.05) is 18.2 Å². The summed E-state index contributed by atoms with van der Waals surface area (Å²) >= 11 is 7.52. The van der Waals surface area contributed by atoms with Crippen molar-refractivity contribution in [3.05, 3.63) is 52.4 Å². The van der Waals surface area contributed by atoms with Crippen LogP contribution in [0.1, 0.15) is 33.8 Å². The molecule has 0 unspecified atom stereocenters. The Balaban J connectivity index is 1.55. The number of likely N-dealkylation sites (tertiary alicyclic amines) is 1. The first kappa shape index (κ1) is 17.1. The van der Waals surface area contributed by atoms with Gasteiger partial charge in [0.05, 0.1) is 5.56 Å². The van der Waals surface area contributed by atoms with Crippen LogP contribution in [0, 0.1) is 0 Å². The fraction of sp³-hybridized carbons (Fsp3) is 0.294. The van der Waals surface area contributed by atoms with Crippen LogP contribution < -0.4 is 5.32 Å². The average molecular weight is 409 g/mol. The molecule has 1 aromatic heterocycles. The lowest BCUT2D eigenvalue weighted by molar-refractivity contribution is 0.0692. The van der Waals surface area contributed by atoms with E-state index in [0.717, 1.165) is 0 Å². The number of hydrogen-bond acceptors (Lipinski definition) is 4. The Kier molecular flexibility index (Phi) is 5.30. The molecule has 24 heavy (non-hydrogen) atoms. The van der Waals surface area contributed by atoms with E-state index in [-0.39, 0.29) is 23.6 Å². The quantitative estimate of drug-likeness (QED) is 0.765. The molecular weight excluding hydrogens is 392 g/mol. The predicted octanol–water partition coefficient (Wildman–Crippen LogP) is 3.37. The molecule has 2 heterocycles. The van der Waals surface area contributed by atoms with E-state index >= 15 is 0 Å². The average Bonchev–Trinajstić information content (AvgIpc) is 3.02. The van der Waals surface area contributed by atoms with Gasteiger partial charge in [-0.05, 0) is 53.0 Å². The van der Waals surface area contributed by atoms with Crippen LogP contribution in [0.15, 0.2) is 50.4 Å². The van der Waals surface area contributed by atoms with Crippen molar-refractivity contribution in [1.29, 1.82) is 0 Å². The number of carbonyl (C=O) groups excluding carboxylic acids is 2. The van der Waals surface area contributed by atoms with Gasteiger partial charge in [0.15, 0.2) is 10.4 Å². The van der Waals surface area contributed by atoms with Gasteiger partial charge in [-0.25, -0.2) is 0 Å². The van der Waals surface area contributed by atoms with Crippen molar-refractivity contribution in [3.63, 3.8) is 0 Å². The molecule has 1 aliphatic heterocycles. The van der Waals surface area contributed by atoms with Crippen molar-refractivity contribution >= 4 is 40.4 Å². The summed E-state index contributed by atoms with van der Waals surface area (Å²) in [5.74, 6) is 0.0379. The fourth-order valence-corrected chi connectivity index (χ4v) is 3.31. The summed E-state index contributed by atoms with van der Waals surface area (Å²) in [4.78, 5) is 27.1. The summed E-state index contributed by atoms with van der Waals surface area (Å²) in [5.41, 5.74) is 0.615. The molecule has 126 valence electrons. The Bertz CT molecular complexity index is 754. The van der Waals surface area contributed by atoms with Crippen LogP contribution in [0.3, 0.4) is 0 Å². The molecule has 0 atom stereocenters. The molecular formula is C17H17BrN2O3S. The zero-order valence-electron chi connectivity index (χ0n) is 12.9. The lowest BCUT2D eigenvalue weighted by Gasteiger charge is -2.32. The van der Waals surface area contributed by atoms with Gasteiger partial charge in [0.1, 0.15) is 0 Å². The van der Waals surface area contributed by atoms with E-state index in [1.54, 1.807) is 23.1 Å². The van der Waals surface area contributed by atoms with Gasteiger partial charge in [0.25, 0.3) is 11.8 Å². The maximum Gasteiger partial charge on any atom is 0.287 e. The van der Waals surface area contributed by atoms with Crippen LogP contribution in [0.4, 0.5) is 0 Å². The van der Waals surface area contributed by atoms with Gasteiger partial charge < -0.3 is 14.6 Å². The lowest BCUT2D eigenvalue weighted by Crippen LogP contribution is -2.46. The highest BCUT2D eigenvalue weighted by Gasteiger charge is 2.26. The Hall–Kier alpha value is -1.73. The van der Waals surface area contributed by atoms with Crippen molar-refractivity contribution in [3.8, 4) is 0 Å². The molecule has 0 aliphatic carbocycles. The van der Waals surface area contributed by atoms with Crippen LogP contribution >= 0.6 is 28.6 Å². The monoisotopic (exact) mass is 408 g/mol. The normalized spacial score (nSPS) is 15.3. The summed E-state index contributed by atoms with van der Waals surface area (Å²) in [5, 5.41) is 2.95. The van der Waals surface area contributed by atoms with E-state index < -0.39 is 0 Å². The van der Waals surface area contributed by atoms with E-state index in [4.69, 9.17) is 4.42 Å². The van der Waals surface area contributed by atoms with Gasteiger partial charge >= 0.3 is 0 Å². The number of rotatable bonds is 3. The molecule has 2 aromatic rings. The van der Waals surface area contributed by atoms with Crippen molar-refractivity contribution in [2.24, 2.45) is 0 Å². The molecule has 0 spiro atoms. The minimum absolute atomic E-state index is 0.0136. The van der Waals surface area contributed by atoms with Crippen LogP contribution in [-0.4, -0.2) is 35.8 Å². The number of nitrogens with one attached hydrogen (secondary N) is 1. The van der Waals surface area contributed by atoms with Gasteiger partial charge in [0, 0.05) is 24.0 Å². The van der Waals surface area contributed by atoms with Crippen molar-refractivity contribution in [2.45, 2.75) is 23.8 Å². The molecule has 5 nitrogen and oxygen atoms in total. The molecule has 3 rings (SSSR count). The number of thiol groups is 1. The topological polar surface area (TPSA) is 62.6 Å². The Morgan fingerprint density at radius 1 is 1.17 bits per heavy atom. The molecule has 1 saturated heterocycles. The third kappa shape index (κ3) is 3.84. The van der Waals surface area contributed by atoms with E-state index in [9.17, 15) is 9.59 Å². The number of halogens is 1. The summed E-state index contributed by atoms with van der Waals surface area (Å²) in [7, 11) is 0.